The molecular formula is C61H43NO. The van der Waals surface area contributed by atoms with Gasteiger partial charge in [-0.15, -0.1) is 0 Å². The third-order valence-corrected chi connectivity index (χ3v) is 13.3. The molecule has 0 saturated carbocycles. The second-order valence-electron chi connectivity index (χ2n) is 17.3. The first-order valence-electron chi connectivity index (χ1n) is 21.8. The average Bonchev–Trinajstić information content (AvgIpc) is 3.83. The van der Waals surface area contributed by atoms with Crippen LogP contribution in [0.2, 0.25) is 0 Å². The van der Waals surface area contributed by atoms with Gasteiger partial charge < -0.3 is 9.32 Å². The molecule has 11 aromatic rings. The fraction of sp³-hybridized carbons (Fsp3) is 0.0492. The Morgan fingerprint density at radius 3 is 1.54 bits per heavy atom. The van der Waals surface area contributed by atoms with E-state index >= 15 is 0 Å². The smallest absolute Gasteiger partial charge is 0.136 e. The van der Waals surface area contributed by atoms with E-state index in [-0.39, 0.29) is 5.41 Å². The van der Waals surface area contributed by atoms with Gasteiger partial charge in [0.25, 0.3) is 0 Å². The molecule has 0 radical (unpaired) electrons. The molecule has 1 aliphatic carbocycles. The second kappa shape index (κ2) is 14.6. The van der Waals surface area contributed by atoms with Gasteiger partial charge in [-0.1, -0.05) is 178 Å². The highest BCUT2D eigenvalue weighted by Gasteiger charge is 2.36. The van der Waals surface area contributed by atoms with Crippen LogP contribution in [0.3, 0.4) is 0 Å². The molecule has 2 nitrogen and oxygen atoms in total. The molecule has 0 N–H and O–H groups in total. The van der Waals surface area contributed by atoms with Gasteiger partial charge in [-0.05, 0) is 138 Å². The summed E-state index contributed by atoms with van der Waals surface area (Å²) in [6.07, 6.45) is 0. The highest BCUT2D eigenvalue weighted by atomic mass is 16.3. The molecule has 1 aromatic heterocycles. The predicted octanol–water partition coefficient (Wildman–Crippen LogP) is 17.2. The third kappa shape index (κ3) is 6.25. The van der Waals surface area contributed by atoms with Crippen molar-refractivity contribution in [1.82, 2.24) is 0 Å². The zero-order valence-corrected chi connectivity index (χ0v) is 35.2. The minimum Gasteiger partial charge on any atom is -0.456 e. The Labute approximate surface area is 368 Å². The van der Waals surface area contributed by atoms with Crippen molar-refractivity contribution < 1.29 is 4.42 Å². The fourth-order valence-electron chi connectivity index (χ4n) is 9.95. The summed E-state index contributed by atoms with van der Waals surface area (Å²) in [6.45, 7) is 4.74. The molecule has 0 unspecified atom stereocenters. The molecule has 63 heavy (non-hydrogen) atoms. The van der Waals surface area contributed by atoms with Gasteiger partial charge in [-0.3, -0.25) is 0 Å². The molecule has 10 aromatic carbocycles. The summed E-state index contributed by atoms with van der Waals surface area (Å²) < 4.78 is 6.30. The first kappa shape index (κ1) is 36.9. The number of rotatable bonds is 7. The van der Waals surface area contributed by atoms with Crippen LogP contribution in [-0.2, 0) is 5.41 Å². The van der Waals surface area contributed by atoms with Gasteiger partial charge >= 0.3 is 0 Å². The standard InChI is InChI=1S/C61H43NO/c1-61(2)57-37-46(47-28-35-56-55-16-8-9-18-59(55)63-60(56)38-47)27-34-53(57)54-36-33-50(39-58(54)61)62(49-31-25-45(26-32-49)52-17-10-14-44-13-6-7-15-51(44)52)48-29-23-43(24-30-48)42-21-19-41(20-22-42)40-11-4-3-5-12-40/h3-39H,1-2H3. The molecule has 1 heterocycles. The van der Waals surface area contributed by atoms with Crippen LogP contribution in [0, 0.1) is 0 Å². The lowest BCUT2D eigenvalue weighted by Gasteiger charge is -2.28. The molecule has 0 aliphatic heterocycles. The summed E-state index contributed by atoms with van der Waals surface area (Å²) >= 11 is 0. The predicted molar refractivity (Wildman–Crippen MR) is 265 cm³/mol. The van der Waals surface area contributed by atoms with Gasteiger partial charge in [-0.25, -0.2) is 0 Å². The summed E-state index contributed by atoms with van der Waals surface area (Å²) in [5.74, 6) is 0. The molecule has 0 bridgehead atoms. The number of fused-ring (bicyclic) bond motifs is 7. The van der Waals surface area contributed by atoms with Gasteiger partial charge in [0, 0.05) is 33.2 Å². The molecule has 0 fully saturated rings. The molecule has 0 saturated heterocycles. The van der Waals surface area contributed by atoms with E-state index in [1.165, 1.54) is 72.0 Å². The molecule has 2 heteroatoms. The van der Waals surface area contributed by atoms with Gasteiger partial charge in [0.1, 0.15) is 11.2 Å². The van der Waals surface area contributed by atoms with Crippen LogP contribution in [0.25, 0.3) is 88.3 Å². The SMILES string of the molecule is CC1(C)c2cc(-c3ccc4c(c3)oc3ccccc34)ccc2-c2ccc(N(c3ccc(-c4ccc(-c5ccccc5)cc4)cc3)c3ccc(-c4cccc5ccccc45)cc3)cc21. The molecule has 0 spiro atoms. The largest absolute Gasteiger partial charge is 0.456 e. The molecule has 0 amide bonds. The number of hydrogen-bond acceptors (Lipinski definition) is 2. The maximum atomic E-state index is 6.30. The highest BCUT2D eigenvalue weighted by molar-refractivity contribution is 6.06. The van der Waals surface area contributed by atoms with E-state index in [4.69, 9.17) is 4.42 Å². The summed E-state index contributed by atoms with van der Waals surface area (Å²) in [7, 11) is 0. The summed E-state index contributed by atoms with van der Waals surface area (Å²) in [5, 5.41) is 4.81. The van der Waals surface area contributed by atoms with E-state index in [2.05, 4.69) is 231 Å². The van der Waals surface area contributed by atoms with Gasteiger partial charge in [0.2, 0.25) is 0 Å². The van der Waals surface area contributed by atoms with E-state index in [9.17, 15) is 0 Å². The van der Waals surface area contributed by atoms with Crippen LogP contribution >= 0.6 is 0 Å². The Morgan fingerprint density at radius 1 is 0.317 bits per heavy atom. The van der Waals surface area contributed by atoms with Crippen LogP contribution in [0.4, 0.5) is 17.1 Å². The quantitative estimate of drug-likeness (QED) is 0.160. The number of benzene rings is 10. The Hall–Kier alpha value is -7.94. The Balaban J connectivity index is 0.919. The summed E-state index contributed by atoms with van der Waals surface area (Å²) in [4.78, 5) is 2.41. The number of nitrogens with zero attached hydrogens (tertiary/aromatic N) is 1. The average molecular weight is 806 g/mol. The number of furan rings is 1. The van der Waals surface area contributed by atoms with E-state index in [1.807, 2.05) is 12.1 Å². The Kier molecular flexibility index (Phi) is 8.55. The van der Waals surface area contributed by atoms with Crippen LogP contribution in [0.15, 0.2) is 229 Å². The second-order valence-corrected chi connectivity index (χ2v) is 17.3. The lowest BCUT2D eigenvalue weighted by Crippen LogP contribution is -2.16. The van der Waals surface area contributed by atoms with Crippen molar-refractivity contribution in [3.63, 3.8) is 0 Å². The normalized spacial score (nSPS) is 12.7. The van der Waals surface area contributed by atoms with Crippen molar-refractivity contribution in [2.75, 3.05) is 4.90 Å². The van der Waals surface area contributed by atoms with Crippen LogP contribution < -0.4 is 4.90 Å². The van der Waals surface area contributed by atoms with Gasteiger partial charge in [0.15, 0.2) is 0 Å². The molecule has 1 aliphatic rings. The van der Waals surface area contributed by atoms with Crippen molar-refractivity contribution in [1.29, 1.82) is 0 Å². The molecular weight excluding hydrogens is 763 g/mol. The monoisotopic (exact) mass is 805 g/mol. The number of hydrogen-bond donors (Lipinski definition) is 0. The zero-order chi connectivity index (χ0) is 42.1. The van der Waals surface area contributed by atoms with Gasteiger partial charge in [0.05, 0.1) is 0 Å². The number of para-hydroxylation sites is 1. The van der Waals surface area contributed by atoms with E-state index in [0.29, 0.717) is 0 Å². The summed E-state index contributed by atoms with van der Waals surface area (Å²) in [6, 6.07) is 81.7. The minimum atomic E-state index is -0.222. The third-order valence-electron chi connectivity index (χ3n) is 13.3. The lowest BCUT2D eigenvalue weighted by molar-refractivity contribution is 0.660. The topological polar surface area (TPSA) is 16.4 Å². The van der Waals surface area contributed by atoms with Gasteiger partial charge in [-0.2, -0.15) is 0 Å². The highest BCUT2D eigenvalue weighted by Crippen LogP contribution is 2.52. The van der Waals surface area contributed by atoms with Crippen LogP contribution in [0.5, 0.6) is 0 Å². The first-order valence-corrected chi connectivity index (χ1v) is 21.8. The van der Waals surface area contributed by atoms with Crippen molar-refractivity contribution in [2.24, 2.45) is 0 Å². The van der Waals surface area contributed by atoms with E-state index in [1.54, 1.807) is 0 Å². The fourth-order valence-corrected chi connectivity index (χ4v) is 9.95. The number of anilines is 3. The summed E-state index contributed by atoms with van der Waals surface area (Å²) in [5.41, 5.74) is 19.8. The first-order chi connectivity index (χ1) is 31.0. The van der Waals surface area contributed by atoms with Crippen molar-refractivity contribution in [2.45, 2.75) is 19.3 Å². The Bertz CT molecular complexity index is 3500. The van der Waals surface area contributed by atoms with Crippen molar-refractivity contribution >= 4 is 49.8 Å². The van der Waals surface area contributed by atoms with Crippen molar-refractivity contribution in [3.05, 3.63) is 236 Å². The molecule has 298 valence electrons. The lowest BCUT2D eigenvalue weighted by atomic mass is 9.81. The maximum absolute atomic E-state index is 6.30. The van der Waals surface area contributed by atoms with E-state index < -0.39 is 0 Å². The molecule has 12 rings (SSSR count). The Morgan fingerprint density at radius 2 is 0.810 bits per heavy atom. The van der Waals surface area contributed by atoms with Crippen LogP contribution in [0.1, 0.15) is 25.0 Å². The molecule has 0 atom stereocenters. The van der Waals surface area contributed by atoms with Crippen molar-refractivity contribution in [3.8, 4) is 55.6 Å². The minimum absolute atomic E-state index is 0.222. The maximum Gasteiger partial charge on any atom is 0.136 e. The zero-order valence-electron chi connectivity index (χ0n) is 35.2. The van der Waals surface area contributed by atoms with E-state index in [0.717, 1.165) is 44.6 Å². The van der Waals surface area contributed by atoms with Crippen LogP contribution in [-0.4, -0.2) is 0 Å².